The lowest BCUT2D eigenvalue weighted by Gasteiger charge is -2.07. The van der Waals surface area contributed by atoms with Crippen molar-refractivity contribution in [3.63, 3.8) is 0 Å². The molecule has 1 amide bonds. The van der Waals surface area contributed by atoms with Crippen molar-refractivity contribution < 1.29 is 13.9 Å². The van der Waals surface area contributed by atoms with E-state index in [0.29, 0.717) is 25.5 Å². The first-order valence-electron chi connectivity index (χ1n) is 9.43. The summed E-state index contributed by atoms with van der Waals surface area (Å²) < 4.78 is 20.4. The molecule has 0 fully saturated rings. The summed E-state index contributed by atoms with van der Waals surface area (Å²) in [6.07, 6.45) is 5.81. The molecule has 0 spiro atoms. The van der Waals surface area contributed by atoms with Gasteiger partial charge in [0.15, 0.2) is 5.69 Å². The standard InChI is InChI=1S/C20H26FN3O2/c1-2-26-14-6-13-22-20(25)19-17-7-4-3-5-8-18(17)24(23-19)16-11-9-15(21)10-12-16/h9-12H,2-8,13-14H2,1H3,(H,22,25). The maximum atomic E-state index is 13.3. The number of halogens is 1. The van der Waals surface area contributed by atoms with Crippen LogP contribution in [0.1, 0.15) is 54.4 Å². The predicted octanol–water partition coefficient (Wildman–Crippen LogP) is 3.44. The Bertz CT molecular complexity index is 740. The molecule has 2 aromatic rings. The Kier molecular flexibility index (Phi) is 6.39. The van der Waals surface area contributed by atoms with Gasteiger partial charge in [-0.2, -0.15) is 5.10 Å². The third kappa shape index (κ3) is 4.30. The van der Waals surface area contributed by atoms with Crippen LogP contribution in [0.5, 0.6) is 0 Å². The second-order valence-corrected chi connectivity index (χ2v) is 6.53. The number of hydrogen-bond donors (Lipinski definition) is 1. The minimum Gasteiger partial charge on any atom is -0.382 e. The summed E-state index contributed by atoms with van der Waals surface area (Å²) in [6, 6.07) is 6.26. The van der Waals surface area contributed by atoms with E-state index < -0.39 is 0 Å². The van der Waals surface area contributed by atoms with Gasteiger partial charge in [0.2, 0.25) is 0 Å². The van der Waals surface area contributed by atoms with Crippen molar-refractivity contribution in [2.45, 2.75) is 45.4 Å². The van der Waals surface area contributed by atoms with Crippen LogP contribution < -0.4 is 5.32 Å². The number of amides is 1. The zero-order chi connectivity index (χ0) is 18.4. The molecule has 140 valence electrons. The highest BCUT2D eigenvalue weighted by atomic mass is 19.1. The average molecular weight is 359 g/mol. The Morgan fingerprint density at radius 1 is 1.23 bits per heavy atom. The summed E-state index contributed by atoms with van der Waals surface area (Å²) in [5.41, 5.74) is 3.41. The Morgan fingerprint density at radius 2 is 2.00 bits per heavy atom. The second kappa shape index (κ2) is 8.94. The lowest BCUT2D eigenvalue weighted by atomic mass is 10.1. The van der Waals surface area contributed by atoms with Gasteiger partial charge < -0.3 is 10.1 Å². The summed E-state index contributed by atoms with van der Waals surface area (Å²) in [5.74, 6) is -0.417. The summed E-state index contributed by atoms with van der Waals surface area (Å²) in [6.45, 7) is 3.84. The van der Waals surface area contributed by atoms with E-state index in [1.165, 1.54) is 12.1 Å². The minimum absolute atomic E-state index is 0.138. The second-order valence-electron chi connectivity index (χ2n) is 6.53. The predicted molar refractivity (Wildman–Crippen MR) is 98.2 cm³/mol. The monoisotopic (exact) mass is 359 g/mol. The van der Waals surface area contributed by atoms with Crippen LogP contribution in [0.15, 0.2) is 24.3 Å². The maximum absolute atomic E-state index is 13.3. The quantitative estimate of drug-likeness (QED) is 0.609. The molecular formula is C20H26FN3O2. The van der Waals surface area contributed by atoms with Gasteiger partial charge in [0.25, 0.3) is 5.91 Å². The van der Waals surface area contributed by atoms with Crippen LogP contribution in [0.3, 0.4) is 0 Å². The first-order chi connectivity index (χ1) is 12.7. The van der Waals surface area contributed by atoms with Gasteiger partial charge in [0.1, 0.15) is 5.82 Å². The molecule has 1 heterocycles. The SMILES string of the molecule is CCOCCCNC(=O)c1nn(-c2ccc(F)cc2)c2c1CCCCC2. The highest BCUT2D eigenvalue weighted by molar-refractivity contribution is 5.94. The van der Waals surface area contributed by atoms with Crippen LogP contribution in [-0.4, -0.2) is 35.4 Å². The van der Waals surface area contributed by atoms with E-state index in [2.05, 4.69) is 10.4 Å². The zero-order valence-electron chi connectivity index (χ0n) is 15.3. The van der Waals surface area contributed by atoms with Crippen molar-refractivity contribution in [2.24, 2.45) is 0 Å². The molecule has 0 saturated carbocycles. The number of carbonyl (C=O) groups is 1. The molecule has 0 unspecified atom stereocenters. The van der Waals surface area contributed by atoms with Crippen LogP contribution >= 0.6 is 0 Å². The molecular weight excluding hydrogens is 333 g/mol. The average Bonchev–Trinajstić information content (AvgIpc) is 2.84. The summed E-state index contributed by atoms with van der Waals surface area (Å²) >= 11 is 0. The third-order valence-electron chi connectivity index (χ3n) is 4.67. The fourth-order valence-electron chi connectivity index (χ4n) is 3.36. The van der Waals surface area contributed by atoms with Gasteiger partial charge in [-0.15, -0.1) is 0 Å². The number of carbonyl (C=O) groups excluding carboxylic acids is 1. The van der Waals surface area contributed by atoms with Gasteiger partial charge in [-0.1, -0.05) is 6.42 Å². The fraction of sp³-hybridized carbons (Fsp3) is 0.500. The number of nitrogens with zero attached hydrogens (tertiary/aromatic N) is 2. The van der Waals surface area contributed by atoms with E-state index in [9.17, 15) is 9.18 Å². The topological polar surface area (TPSA) is 56.1 Å². The number of hydrogen-bond acceptors (Lipinski definition) is 3. The lowest BCUT2D eigenvalue weighted by molar-refractivity contribution is 0.0938. The molecule has 0 atom stereocenters. The van der Waals surface area contributed by atoms with Gasteiger partial charge in [-0.25, -0.2) is 9.07 Å². The van der Waals surface area contributed by atoms with Crippen molar-refractivity contribution in [2.75, 3.05) is 19.8 Å². The van der Waals surface area contributed by atoms with E-state index >= 15 is 0 Å². The Hall–Kier alpha value is -2.21. The van der Waals surface area contributed by atoms with Crippen molar-refractivity contribution in [1.29, 1.82) is 0 Å². The number of ether oxygens (including phenoxy) is 1. The minimum atomic E-state index is -0.278. The highest BCUT2D eigenvalue weighted by Gasteiger charge is 2.24. The van der Waals surface area contributed by atoms with E-state index in [4.69, 9.17) is 4.74 Å². The number of rotatable bonds is 7. The molecule has 1 N–H and O–H groups in total. The molecule has 1 aliphatic carbocycles. The van der Waals surface area contributed by atoms with Gasteiger partial charge in [0.05, 0.1) is 5.69 Å². The first-order valence-corrected chi connectivity index (χ1v) is 9.43. The Morgan fingerprint density at radius 3 is 2.77 bits per heavy atom. The molecule has 1 aliphatic rings. The van der Waals surface area contributed by atoms with Crippen molar-refractivity contribution in [3.8, 4) is 5.69 Å². The fourth-order valence-corrected chi connectivity index (χ4v) is 3.36. The van der Waals surface area contributed by atoms with Crippen LogP contribution in [0.2, 0.25) is 0 Å². The van der Waals surface area contributed by atoms with E-state index in [0.717, 1.165) is 55.5 Å². The van der Waals surface area contributed by atoms with Gasteiger partial charge in [-0.05, 0) is 63.3 Å². The zero-order valence-corrected chi connectivity index (χ0v) is 15.3. The largest absolute Gasteiger partial charge is 0.382 e. The van der Waals surface area contributed by atoms with E-state index in [-0.39, 0.29) is 11.7 Å². The van der Waals surface area contributed by atoms with Crippen LogP contribution in [0, 0.1) is 5.82 Å². The number of fused-ring (bicyclic) bond motifs is 1. The van der Waals surface area contributed by atoms with Crippen LogP contribution in [0.4, 0.5) is 4.39 Å². The highest BCUT2D eigenvalue weighted by Crippen LogP contribution is 2.26. The molecule has 5 nitrogen and oxygen atoms in total. The molecule has 0 aliphatic heterocycles. The van der Waals surface area contributed by atoms with Crippen molar-refractivity contribution >= 4 is 5.91 Å². The molecule has 0 saturated heterocycles. The normalized spacial score (nSPS) is 13.9. The van der Waals surface area contributed by atoms with Crippen molar-refractivity contribution in [3.05, 3.63) is 47.0 Å². The maximum Gasteiger partial charge on any atom is 0.272 e. The van der Waals surface area contributed by atoms with Crippen molar-refractivity contribution in [1.82, 2.24) is 15.1 Å². The van der Waals surface area contributed by atoms with Crippen LogP contribution in [0.25, 0.3) is 5.69 Å². The molecule has 0 bridgehead atoms. The summed E-state index contributed by atoms with van der Waals surface area (Å²) in [4.78, 5) is 12.7. The Balaban J connectivity index is 1.83. The van der Waals surface area contributed by atoms with Gasteiger partial charge >= 0.3 is 0 Å². The third-order valence-corrected chi connectivity index (χ3v) is 4.67. The van der Waals surface area contributed by atoms with Crippen LogP contribution in [-0.2, 0) is 17.6 Å². The molecule has 1 aromatic carbocycles. The van der Waals surface area contributed by atoms with Gasteiger partial charge in [-0.3, -0.25) is 4.79 Å². The molecule has 26 heavy (non-hydrogen) atoms. The molecule has 3 rings (SSSR count). The molecule has 1 aromatic heterocycles. The molecule has 6 heteroatoms. The van der Waals surface area contributed by atoms with Gasteiger partial charge in [0, 0.05) is 31.0 Å². The van der Waals surface area contributed by atoms with E-state index in [1.807, 2.05) is 11.6 Å². The smallest absolute Gasteiger partial charge is 0.272 e. The lowest BCUT2D eigenvalue weighted by Crippen LogP contribution is -2.26. The number of nitrogens with one attached hydrogen (secondary N) is 1. The molecule has 0 radical (unpaired) electrons. The van der Waals surface area contributed by atoms with E-state index in [1.54, 1.807) is 12.1 Å². The number of aromatic nitrogens is 2. The Labute approximate surface area is 153 Å². The number of benzene rings is 1. The first kappa shape index (κ1) is 18.6. The summed E-state index contributed by atoms with van der Waals surface area (Å²) in [7, 11) is 0. The summed E-state index contributed by atoms with van der Waals surface area (Å²) in [5, 5.41) is 7.55.